The minimum absolute atomic E-state index is 0.0696. The summed E-state index contributed by atoms with van der Waals surface area (Å²) in [5.41, 5.74) is 2.69. The fourth-order valence-electron chi connectivity index (χ4n) is 3.58. The highest BCUT2D eigenvalue weighted by Crippen LogP contribution is 2.18. The normalized spacial score (nSPS) is 14.4. The lowest BCUT2D eigenvalue weighted by molar-refractivity contribution is -0.129. The van der Waals surface area contributed by atoms with E-state index in [-0.39, 0.29) is 24.8 Å². The Morgan fingerprint density at radius 3 is 2.61 bits per heavy atom. The summed E-state index contributed by atoms with van der Waals surface area (Å²) in [4.78, 5) is 36.4. The maximum Gasteiger partial charge on any atom is 0.315 e. The molecular formula is C22H25FN6O2. The minimum Gasteiger partial charge on any atom is -0.341 e. The van der Waals surface area contributed by atoms with Crippen molar-refractivity contribution >= 4 is 28.9 Å². The van der Waals surface area contributed by atoms with Gasteiger partial charge in [0, 0.05) is 32.7 Å². The molecule has 162 valence electrons. The van der Waals surface area contributed by atoms with E-state index in [2.05, 4.69) is 25.5 Å². The first-order valence-electron chi connectivity index (χ1n) is 10.3. The Morgan fingerprint density at radius 2 is 1.81 bits per heavy atom. The molecule has 3 aromatic rings. The van der Waals surface area contributed by atoms with Gasteiger partial charge in [-0.15, -0.1) is 0 Å². The first kappa shape index (κ1) is 20.6. The van der Waals surface area contributed by atoms with E-state index in [4.69, 9.17) is 0 Å². The molecule has 0 radical (unpaired) electrons. The molecule has 4 rings (SSSR count). The topological polar surface area (TPSA) is 93.4 Å². The van der Waals surface area contributed by atoms with Gasteiger partial charge in [-0.2, -0.15) is 0 Å². The summed E-state index contributed by atoms with van der Waals surface area (Å²) < 4.78 is 12.9. The zero-order chi connectivity index (χ0) is 21.6. The van der Waals surface area contributed by atoms with Crippen LogP contribution in [-0.2, 0) is 11.3 Å². The van der Waals surface area contributed by atoms with Crippen LogP contribution in [0.2, 0.25) is 0 Å². The number of carbonyl (C=O) groups excluding carboxylic acids is 2. The molecule has 0 atom stereocenters. The number of para-hydroxylation sites is 2. The van der Waals surface area contributed by atoms with Crippen molar-refractivity contribution in [1.82, 2.24) is 25.5 Å². The van der Waals surface area contributed by atoms with Crippen LogP contribution in [0.15, 0.2) is 48.5 Å². The average molecular weight is 424 g/mol. The van der Waals surface area contributed by atoms with E-state index in [0.29, 0.717) is 19.6 Å². The summed E-state index contributed by atoms with van der Waals surface area (Å²) in [7, 11) is 0. The van der Waals surface area contributed by atoms with Gasteiger partial charge in [0.2, 0.25) is 11.9 Å². The number of urea groups is 1. The van der Waals surface area contributed by atoms with Gasteiger partial charge in [0.15, 0.2) is 0 Å². The Labute approximate surface area is 179 Å². The van der Waals surface area contributed by atoms with Crippen molar-refractivity contribution in [3.63, 3.8) is 0 Å². The van der Waals surface area contributed by atoms with Gasteiger partial charge in [-0.1, -0.05) is 24.3 Å². The second-order valence-electron chi connectivity index (χ2n) is 7.46. The number of anilines is 1. The summed E-state index contributed by atoms with van der Waals surface area (Å²) in [5, 5.41) is 5.26. The second kappa shape index (κ2) is 9.46. The molecule has 1 aromatic heterocycles. The molecule has 9 heteroatoms. The quantitative estimate of drug-likeness (QED) is 0.586. The Morgan fingerprint density at radius 1 is 1.00 bits per heavy atom. The Balaban J connectivity index is 1.23. The predicted octanol–water partition coefficient (Wildman–Crippen LogP) is 2.24. The van der Waals surface area contributed by atoms with E-state index in [9.17, 15) is 14.0 Å². The van der Waals surface area contributed by atoms with E-state index < -0.39 is 6.03 Å². The van der Waals surface area contributed by atoms with Crippen molar-refractivity contribution in [2.45, 2.75) is 13.0 Å². The number of hydrogen-bond donors (Lipinski definition) is 3. The average Bonchev–Trinajstić information content (AvgIpc) is 3.06. The van der Waals surface area contributed by atoms with E-state index in [1.165, 1.54) is 12.1 Å². The zero-order valence-corrected chi connectivity index (χ0v) is 17.1. The first-order chi connectivity index (χ1) is 15.1. The molecule has 31 heavy (non-hydrogen) atoms. The Kier molecular flexibility index (Phi) is 6.30. The van der Waals surface area contributed by atoms with Crippen LogP contribution < -0.4 is 15.5 Å². The summed E-state index contributed by atoms with van der Waals surface area (Å²) in [6, 6.07) is 13.3. The highest BCUT2D eigenvalue weighted by molar-refractivity contribution is 5.84. The number of nitrogens with zero attached hydrogens (tertiary/aromatic N) is 3. The maximum absolute atomic E-state index is 12.9. The molecular weight excluding hydrogens is 399 g/mol. The van der Waals surface area contributed by atoms with Gasteiger partial charge in [-0.25, -0.2) is 14.2 Å². The lowest BCUT2D eigenvalue weighted by Crippen LogP contribution is -2.44. The van der Waals surface area contributed by atoms with Crippen LogP contribution in [0.5, 0.6) is 0 Å². The van der Waals surface area contributed by atoms with Gasteiger partial charge < -0.3 is 25.4 Å². The highest BCUT2D eigenvalue weighted by Gasteiger charge is 2.21. The van der Waals surface area contributed by atoms with Crippen LogP contribution in [-0.4, -0.2) is 59.5 Å². The van der Waals surface area contributed by atoms with Gasteiger partial charge in [0.1, 0.15) is 5.82 Å². The number of halogens is 1. The van der Waals surface area contributed by atoms with Gasteiger partial charge in [0.05, 0.1) is 17.6 Å². The van der Waals surface area contributed by atoms with Crippen LogP contribution >= 0.6 is 0 Å². The van der Waals surface area contributed by atoms with E-state index in [1.807, 2.05) is 24.3 Å². The standard InChI is InChI=1S/C22H25FN6O2/c23-17-8-6-16(7-9-17)14-24-22(31)25-15-20(30)28-10-3-11-29(13-12-28)21-26-18-4-1-2-5-19(18)27-21/h1-2,4-9H,3,10-15H2,(H,26,27)(H2,24,25,31). The molecule has 0 aliphatic carbocycles. The van der Waals surface area contributed by atoms with Crippen molar-refractivity contribution < 1.29 is 14.0 Å². The molecule has 0 unspecified atom stereocenters. The van der Waals surface area contributed by atoms with Crippen LogP contribution in [0, 0.1) is 5.82 Å². The Bertz CT molecular complexity index is 1020. The van der Waals surface area contributed by atoms with Crippen LogP contribution in [0.4, 0.5) is 15.1 Å². The number of rotatable bonds is 5. The number of carbonyl (C=O) groups is 2. The zero-order valence-electron chi connectivity index (χ0n) is 17.1. The van der Waals surface area contributed by atoms with E-state index in [0.717, 1.165) is 35.5 Å². The van der Waals surface area contributed by atoms with Crippen molar-refractivity contribution in [1.29, 1.82) is 0 Å². The molecule has 1 fully saturated rings. The number of aromatic nitrogens is 2. The first-order valence-corrected chi connectivity index (χ1v) is 10.3. The third-order valence-electron chi connectivity index (χ3n) is 5.29. The Hall–Kier alpha value is -3.62. The largest absolute Gasteiger partial charge is 0.341 e. The van der Waals surface area contributed by atoms with E-state index >= 15 is 0 Å². The SMILES string of the molecule is O=C(NCC(=O)N1CCCN(c2nc3ccccc3[nH]2)CC1)NCc1ccc(F)cc1. The highest BCUT2D eigenvalue weighted by atomic mass is 19.1. The number of imidazole rings is 1. The molecule has 8 nitrogen and oxygen atoms in total. The molecule has 0 saturated carbocycles. The molecule has 0 bridgehead atoms. The number of hydrogen-bond acceptors (Lipinski definition) is 4. The molecule has 2 heterocycles. The van der Waals surface area contributed by atoms with Crippen molar-refractivity contribution in [3.8, 4) is 0 Å². The van der Waals surface area contributed by atoms with Gasteiger partial charge in [-0.05, 0) is 36.2 Å². The second-order valence-corrected chi connectivity index (χ2v) is 7.46. The molecule has 2 aromatic carbocycles. The molecule has 3 amide bonds. The maximum atomic E-state index is 12.9. The molecule has 3 N–H and O–H groups in total. The fraction of sp³-hybridized carbons (Fsp3) is 0.318. The number of aromatic amines is 1. The molecule has 0 spiro atoms. The van der Waals surface area contributed by atoms with Crippen molar-refractivity contribution in [2.75, 3.05) is 37.6 Å². The number of amides is 3. The summed E-state index contributed by atoms with van der Waals surface area (Å²) in [6.07, 6.45) is 0.819. The molecule has 1 saturated heterocycles. The molecule has 1 aliphatic heterocycles. The lowest BCUT2D eigenvalue weighted by Gasteiger charge is -2.22. The third kappa shape index (κ3) is 5.30. The van der Waals surface area contributed by atoms with Gasteiger partial charge >= 0.3 is 6.03 Å². The third-order valence-corrected chi connectivity index (χ3v) is 5.29. The smallest absolute Gasteiger partial charge is 0.315 e. The summed E-state index contributed by atoms with van der Waals surface area (Å²) >= 11 is 0. The minimum atomic E-state index is -0.434. The van der Waals surface area contributed by atoms with Crippen LogP contribution in [0.25, 0.3) is 11.0 Å². The molecule has 1 aliphatic rings. The van der Waals surface area contributed by atoms with E-state index in [1.54, 1.807) is 17.0 Å². The van der Waals surface area contributed by atoms with Gasteiger partial charge in [-0.3, -0.25) is 4.79 Å². The lowest BCUT2D eigenvalue weighted by atomic mass is 10.2. The van der Waals surface area contributed by atoms with Crippen molar-refractivity contribution in [3.05, 3.63) is 59.9 Å². The van der Waals surface area contributed by atoms with Crippen LogP contribution in [0.1, 0.15) is 12.0 Å². The van der Waals surface area contributed by atoms with Crippen LogP contribution in [0.3, 0.4) is 0 Å². The summed E-state index contributed by atoms with van der Waals surface area (Å²) in [5.74, 6) is 0.368. The number of H-pyrrole nitrogens is 1. The summed E-state index contributed by atoms with van der Waals surface area (Å²) in [6.45, 7) is 2.86. The number of fused-ring (bicyclic) bond motifs is 1. The predicted molar refractivity (Wildman–Crippen MR) is 116 cm³/mol. The fourth-order valence-corrected chi connectivity index (χ4v) is 3.58. The number of benzene rings is 2. The van der Waals surface area contributed by atoms with Crippen molar-refractivity contribution in [2.24, 2.45) is 0 Å². The number of nitrogens with one attached hydrogen (secondary N) is 3. The monoisotopic (exact) mass is 424 g/mol. The van der Waals surface area contributed by atoms with Gasteiger partial charge in [0.25, 0.3) is 0 Å².